The van der Waals surface area contributed by atoms with Crippen LogP contribution in [0.15, 0.2) is 12.4 Å². The van der Waals surface area contributed by atoms with Gasteiger partial charge in [-0.2, -0.15) is 0 Å². The van der Waals surface area contributed by atoms with E-state index in [4.69, 9.17) is 0 Å². The number of hydrogen-bond donors (Lipinski definition) is 0. The Hall–Kier alpha value is -0.660. The minimum absolute atomic E-state index is 0.637. The molecule has 0 radical (unpaired) electrons. The normalized spacial score (nSPS) is 14.6. The molecule has 1 aliphatic heterocycles. The molecule has 1 aliphatic rings. The Morgan fingerprint density at radius 3 is 0.714 bits per heavy atom. The van der Waals surface area contributed by atoms with E-state index >= 15 is 0 Å². The Kier molecular flexibility index (Phi) is 36.5. The van der Waals surface area contributed by atoms with Crippen LogP contribution in [0.2, 0.25) is 0 Å². The summed E-state index contributed by atoms with van der Waals surface area (Å²) in [7, 11) is 0. The first-order chi connectivity index (χ1) is 24.3. The van der Waals surface area contributed by atoms with Crippen molar-refractivity contribution in [1.29, 1.82) is 0 Å². The average molecular weight is 687 g/mol. The van der Waals surface area contributed by atoms with Crippen molar-refractivity contribution in [3.63, 3.8) is 0 Å². The molecule has 0 spiro atoms. The van der Waals surface area contributed by atoms with E-state index in [0.717, 1.165) is 0 Å². The maximum Gasteiger partial charge on any atom is 0.101 e. The van der Waals surface area contributed by atoms with Gasteiger partial charge in [0, 0.05) is 25.5 Å². The van der Waals surface area contributed by atoms with Gasteiger partial charge >= 0.3 is 0 Å². The Labute approximate surface area is 311 Å². The third kappa shape index (κ3) is 30.7. The standard InChI is InChI=1S/C47H94N2/c1-4-7-10-13-16-19-21-23-24-25-26-27-29-32-35-38-41-44-49-46-45-48(47(49)42-39-36-33-30-18-15-12-9-6-3)43-40-37-34-31-28-22-20-17-14-11-8-5-2/h45-47H,4-44H2,1-3H3. The van der Waals surface area contributed by atoms with Crippen LogP contribution in [0.25, 0.3) is 0 Å². The predicted molar refractivity (Wildman–Crippen MR) is 223 cm³/mol. The summed E-state index contributed by atoms with van der Waals surface area (Å²) >= 11 is 0. The fourth-order valence-electron chi connectivity index (χ4n) is 8.13. The highest BCUT2D eigenvalue weighted by molar-refractivity contribution is 4.97. The first-order valence-electron chi connectivity index (χ1n) is 23.5. The van der Waals surface area contributed by atoms with Crippen molar-refractivity contribution in [3.8, 4) is 0 Å². The quantitative estimate of drug-likeness (QED) is 0.0591. The van der Waals surface area contributed by atoms with Gasteiger partial charge in [0.1, 0.15) is 6.17 Å². The van der Waals surface area contributed by atoms with E-state index in [1.54, 1.807) is 0 Å². The van der Waals surface area contributed by atoms with Gasteiger partial charge in [-0.25, -0.2) is 0 Å². The van der Waals surface area contributed by atoms with Crippen LogP contribution in [0.3, 0.4) is 0 Å². The summed E-state index contributed by atoms with van der Waals surface area (Å²) in [5.41, 5.74) is 0. The van der Waals surface area contributed by atoms with Gasteiger partial charge in [0.25, 0.3) is 0 Å². The van der Waals surface area contributed by atoms with Gasteiger partial charge in [0.15, 0.2) is 0 Å². The third-order valence-electron chi connectivity index (χ3n) is 11.6. The fourth-order valence-corrected chi connectivity index (χ4v) is 8.13. The summed E-state index contributed by atoms with van der Waals surface area (Å²) in [6.45, 7) is 9.49. The molecule has 1 unspecified atom stereocenters. The van der Waals surface area contributed by atoms with Crippen LogP contribution >= 0.6 is 0 Å². The molecule has 2 nitrogen and oxygen atoms in total. The molecule has 49 heavy (non-hydrogen) atoms. The molecule has 0 saturated carbocycles. The van der Waals surface area contributed by atoms with E-state index in [9.17, 15) is 0 Å². The summed E-state index contributed by atoms with van der Waals surface area (Å²) in [6, 6.07) is 0. The van der Waals surface area contributed by atoms with Gasteiger partial charge in [-0.1, -0.05) is 245 Å². The van der Waals surface area contributed by atoms with Crippen LogP contribution in [0, 0.1) is 0 Å². The number of unbranched alkanes of at least 4 members (excludes halogenated alkanes) is 35. The van der Waals surface area contributed by atoms with Crippen LogP contribution in [0.4, 0.5) is 0 Å². The molecule has 1 heterocycles. The third-order valence-corrected chi connectivity index (χ3v) is 11.6. The van der Waals surface area contributed by atoms with Crippen molar-refractivity contribution >= 4 is 0 Å². The van der Waals surface area contributed by atoms with Gasteiger partial charge in [0.2, 0.25) is 0 Å². The lowest BCUT2D eigenvalue weighted by atomic mass is 10.0. The molecule has 0 aromatic heterocycles. The molecule has 0 aromatic rings. The Balaban J connectivity index is 2.16. The molecule has 0 saturated heterocycles. The molecule has 0 bridgehead atoms. The molecule has 0 aliphatic carbocycles. The predicted octanol–water partition coefficient (Wildman–Crippen LogP) is 16.7. The molecule has 0 aromatic carbocycles. The Morgan fingerprint density at radius 2 is 0.469 bits per heavy atom. The lowest BCUT2D eigenvalue weighted by Crippen LogP contribution is -2.39. The fraction of sp³-hybridized carbons (Fsp3) is 0.957. The number of nitrogens with zero attached hydrogens (tertiary/aromatic N) is 2. The van der Waals surface area contributed by atoms with Crippen molar-refractivity contribution in [2.75, 3.05) is 13.1 Å². The topological polar surface area (TPSA) is 6.48 Å². The minimum atomic E-state index is 0.637. The molecule has 292 valence electrons. The van der Waals surface area contributed by atoms with E-state index in [1.165, 1.54) is 264 Å². The number of rotatable bonds is 41. The van der Waals surface area contributed by atoms with E-state index in [2.05, 4.69) is 43.0 Å². The van der Waals surface area contributed by atoms with Crippen LogP contribution in [-0.4, -0.2) is 29.1 Å². The van der Waals surface area contributed by atoms with E-state index < -0.39 is 0 Å². The smallest absolute Gasteiger partial charge is 0.101 e. The maximum atomic E-state index is 2.73. The second-order valence-electron chi connectivity index (χ2n) is 16.4. The van der Waals surface area contributed by atoms with E-state index in [-0.39, 0.29) is 0 Å². The summed E-state index contributed by atoms with van der Waals surface area (Å²) in [5, 5.41) is 0. The van der Waals surface area contributed by atoms with E-state index in [1.807, 2.05) is 0 Å². The zero-order valence-electron chi connectivity index (χ0n) is 34.6. The van der Waals surface area contributed by atoms with Crippen molar-refractivity contribution < 1.29 is 0 Å². The largest absolute Gasteiger partial charge is 0.356 e. The molecule has 2 heteroatoms. The molecular weight excluding hydrogens is 593 g/mol. The molecule has 0 amide bonds. The monoisotopic (exact) mass is 687 g/mol. The van der Waals surface area contributed by atoms with Gasteiger partial charge in [0.05, 0.1) is 0 Å². The van der Waals surface area contributed by atoms with Crippen molar-refractivity contribution in [1.82, 2.24) is 9.80 Å². The van der Waals surface area contributed by atoms with Crippen LogP contribution in [0.1, 0.15) is 271 Å². The maximum absolute atomic E-state index is 2.73. The first kappa shape index (κ1) is 46.4. The SMILES string of the molecule is CCCCCCCCCCCCCCCCCCCN1C=CN(CCCCCCCCCCCCCC)C1CCCCCCCCCCC. The summed E-state index contributed by atoms with van der Waals surface area (Å²) in [6.07, 6.45) is 61.9. The molecule has 1 atom stereocenters. The summed E-state index contributed by atoms with van der Waals surface area (Å²) in [4.78, 5) is 5.46. The van der Waals surface area contributed by atoms with Gasteiger partial charge in [-0.05, 0) is 25.7 Å². The zero-order valence-corrected chi connectivity index (χ0v) is 34.6. The van der Waals surface area contributed by atoms with Gasteiger partial charge < -0.3 is 9.80 Å². The highest BCUT2D eigenvalue weighted by Gasteiger charge is 2.24. The molecule has 0 N–H and O–H groups in total. The lowest BCUT2D eigenvalue weighted by Gasteiger charge is -2.33. The second kappa shape index (κ2) is 38.6. The van der Waals surface area contributed by atoms with Crippen LogP contribution < -0.4 is 0 Å². The van der Waals surface area contributed by atoms with Crippen molar-refractivity contribution in [2.45, 2.75) is 277 Å². The van der Waals surface area contributed by atoms with Gasteiger partial charge in [-0.15, -0.1) is 0 Å². The minimum Gasteiger partial charge on any atom is -0.356 e. The second-order valence-corrected chi connectivity index (χ2v) is 16.4. The Bertz CT molecular complexity index is 644. The molecule has 1 rings (SSSR count). The van der Waals surface area contributed by atoms with Crippen LogP contribution in [0.5, 0.6) is 0 Å². The highest BCUT2D eigenvalue weighted by Crippen LogP contribution is 2.24. The van der Waals surface area contributed by atoms with E-state index in [0.29, 0.717) is 6.17 Å². The van der Waals surface area contributed by atoms with Crippen molar-refractivity contribution in [3.05, 3.63) is 12.4 Å². The average Bonchev–Trinajstić information content (AvgIpc) is 3.50. The summed E-state index contributed by atoms with van der Waals surface area (Å²) in [5.74, 6) is 0. The van der Waals surface area contributed by atoms with Gasteiger partial charge in [-0.3, -0.25) is 0 Å². The number of hydrogen-bond acceptors (Lipinski definition) is 2. The molecular formula is C47H94N2. The van der Waals surface area contributed by atoms with Crippen LogP contribution in [-0.2, 0) is 0 Å². The zero-order chi connectivity index (χ0) is 35.1. The first-order valence-corrected chi connectivity index (χ1v) is 23.5. The lowest BCUT2D eigenvalue weighted by molar-refractivity contribution is 0.135. The Morgan fingerprint density at radius 1 is 0.265 bits per heavy atom. The molecule has 0 fully saturated rings. The summed E-state index contributed by atoms with van der Waals surface area (Å²) < 4.78 is 0. The van der Waals surface area contributed by atoms with Crippen molar-refractivity contribution in [2.24, 2.45) is 0 Å². The highest BCUT2D eigenvalue weighted by atomic mass is 15.4.